The fraction of sp³-hybridized carbons (Fsp3) is 0.167. The zero-order chi connectivity index (χ0) is 11.0. The van der Waals surface area contributed by atoms with Crippen molar-refractivity contribution < 1.29 is 4.42 Å². The predicted octanol–water partition coefficient (Wildman–Crippen LogP) is 4.21. The van der Waals surface area contributed by atoms with Crippen LogP contribution in [0.3, 0.4) is 0 Å². The number of hydrogen-bond acceptors (Lipinski definition) is 3. The molecule has 0 radical (unpaired) electrons. The molecule has 2 rings (SSSR count). The van der Waals surface area contributed by atoms with E-state index in [0.717, 1.165) is 27.0 Å². The molecule has 0 amide bonds. The van der Waals surface area contributed by atoms with Crippen LogP contribution in [0.5, 0.6) is 0 Å². The summed E-state index contributed by atoms with van der Waals surface area (Å²) in [5.74, 6) is 0. The highest BCUT2D eigenvalue weighted by Gasteiger charge is 2.06. The second kappa shape index (κ2) is 3.83. The highest BCUT2D eigenvalue weighted by molar-refractivity contribution is 7.80. The van der Waals surface area contributed by atoms with Crippen LogP contribution >= 0.6 is 24.4 Å². The van der Waals surface area contributed by atoms with Crippen LogP contribution in [0.4, 0.5) is 0 Å². The lowest BCUT2D eigenvalue weighted by Gasteiger charge is -2.05. The molecular weight excluding hydrogens is 224 g/mol. The number of fused-ring (bicyclic) bond motifs is 1. The molecule has 0 saturated carbocycles. The molecule has 0 aliphatic carbocycles. The van der Waals surface area contributed by atoms with Crippen molar-refractivity contribution in [3.05, 3.63) is 40.1 Å². The molecule has 0 saturated heterocycles. The Morgan fingerprint density at radius 2 is 2.07 bits per heavy atom. The molecule has 0 unspecified atom stereocenters. The molecule has 1 aromatic carbocycles. The summed E-state index contributed by atoms with van der Waals surface area (Å²) in [7, 11) is 0. The fourth-order valence-corrected chi connectivity index (χ4v) is 2.04. The molecule has 2 aromatic rings. The maximum Gasteiger partial charge on any atom is 0.191 e. The first-order valence-electron chi connectivity index (χ1n) is 4.64. The van der Waals surface area contributed by atoms with Gasteiger partial charge in [-0.25, -0.2) is 0 Å². The maximum atomic E-state index is 5.56. The van der Waals surface area contributed by atoms with E-state index in [9.17, 15) is 0 Å². The zero-order valence-electron chi connectivity index (χ0n) is 8.53. The van der Waals surface area contributed by atoms with Gasteiger partial charge in [0.15, 0.2) is 4.71 Å². The number of rotatable bonds is 1. The van der Waals surface area contributed by atoms with Crippen molar-refractivity contribution in [3.63, 3.8) is 0 Å². The van der Waals surface area contributed by atoms with Gasteiger partial charge in [0.05, 0.1) is 0 Å². The van der Waals surface area contributed by atoms with Crippen molar-refractivity contribution in [2.75, 3.05) is 0 Å². The minimum absolute atomic E-state index is 0.503. The Morgan fingerprint density at radius 3 is 2.73 bits per heavy atom. The van der Waals surface area contributed by atoms with E-state index in [1.165, 1.54) is 0 Å². The Bertz CT molecular complexity index is 596. The van der Waals surface area contributed by atoms with Gasteiger partial charge in [-0.3, -0.25) is 0 Å². The van der Waals surface area contributed by atoms with Gasteiger partial charge in [-0.15, -0.1) is 0 Å². The zero-order valence-corrected chi connectivity index (χ0v) is 10.2. The van der Waals surface area contributed by atoms with Gasteiger partial charge in [0.2, 0.25) is 0 Å². The van der Waals surface area contributed by atoms with Crippen molar-refractivity contribution >= 4 is 40.3 Å². The summed E-state index contributed by atoms with van der Waals surface area (Å²) in [5.41, 5.74) is 2.88. The van der Waals surface area contributed by atoms with Crippen molar-refractivity contribution in [2.45, 2.75) is 13.8 Å². The van der Waals surface area contributed by atoms with Crippen LogP contribution in [0.2, 0.25) is 0 Å². The monoisotopic (exact) mass is 234 g/mol. The van der Waals surface area contributed by atoms with Crippen LogP contribution in [0.25, 0.3) is 11.0 Å². The number of hydrogen-bond donors (Lipinski definition) is 0. The average Bonchev–Trinajstić information content (AvgIpc) is 2.16. The Balaban J connectivity index is 2.97. The van der Waals surface area contributed by atoms with Gasteiger partial charge in [0.25, 0.3) is 0 Å². The Hall–Kier alpha value is -1.06. The van der Waals surface area contributed by atoms with Gasteiger partial charge in [0.1, 0.15) is 5.58 Å². The third-order valence-electron chi connectivity index (χ3n) is 2.36. The van der Waals surface area contributed by atoms with Crippen LogP contribution in [-0.4, -0.2) is 4.86 Å². The first-order chi connectivity index (χ1) is 7.09. The summed E-state index contributed by atoms with van der Waals surface area (Å²) >= 11 is 10.2. The second-order valence-electron chi connectivity index (χ2n) is 3.49. The maximum absolute atomic E-state index is 5.56. The van der Waals surface area contributed by atoms with Crippen molar-refractivity contribution in [2.24, 2.45) is 0 Å². The standard InChI is InChI=1S/C12H10OS2/c1-7-6-11(15)13-12-9(7)4-3-5-10(12)8(2)14/h3-6H,1-2H3. The highest BCUT2D eigenvalue weighted by atomic mass is 32.1. The van der Waals surface area contributed by atoms with Crippen LogP contribution < -0.4 is 0 Å². The van der Waals surface area contributed by atoms with Gasteiger partial charge >= 0.3 is 0 Å². The molecule has 0 bridgehead atoms. The van der Waals surface area contributed by atoms with Crippen LogP contribution in [-0.2, 0) is 0 Å². The Kier molecular flexibility index (Phi) is 2.67. The normalized spacial score (nSPS) is 10.5. The van der Waals surface area contributed by atoms with E-state index < -0.39 is 0 Å². The minimum atomic E-state index is 0.503. The Labute approximate surface area is 98.7 Å². The van der Waals surface area contributed by atoms with Gasteiger partial charge in [-0.2, -0.15) is 0 Å². The van der Waals surface area contributed by atoms with Crippen LogP contribution in [0.15, 0.2) is 28.7 Å². The lowest BCUT2D eigenvalue weighted by molar-refractivity contribution is 0.585. The molecule has 0 aliphatic rings. The number of benzene rings is 1. The van der Waals surface area contributed by atoms with E-state index in [1.54, 1.807) is 0 Å². The summed E-state index contributed by atoms with van der Waals surface area (Å²) < 4.78 is 6.07. The highest BCUT2D eigenvalue weighted by Crippen LogP contribution is 2.23. The lowest BCUT2D eigenvalue weighted by atomic mass is 10.1. The summed E-state index contributed by atoms with van der Waals surface area (Å²) in [5, 5.41) is 1.07. The topological polar surface area (TPSA) is 13.1 Å². The minimum Gasteiger partial charge on any atom is -0.445 e. The summed E-state index contributed by atoms with van der Waals surface area (Å²) in [6, 6.07) is 7.83. The molecular formula is C12H10OS2. The van der Waals surface area contributed by atoms with E-state index >= 15 is 0 Å². The van der Waals surface area contributed by atoms with Crippen LogP contribution in [0, 0.1) is 11.6 Å². The third-order valence-corrected chi connectivity index (χ3v) is 2.78. The van der Waals surface area contributed by atoms with Gasteiger partial charge in [-0.05, 0) is 37.7 Å². The van der Waals surface area contributed by atoms with E-state index in [0.29, 0.717) is 4.71 Å². The summed E-state index contributed by atoms with van der Waals surface area (Å²) in [4.78, 5) is 0.823. The van der Waals surface area contributed by atoms with E-state index in [2.05, 4.69) is 0 Å². The Morgan fingerprint density at radius 1 is 1.33 bits per heavy atom. The summed E-state index contributed by atoms with van der Waals surface area (Å²) in [6.07, 6.45) is 0. The van der Waals surface area contributed by atoms with Crippen molar-refractivity contribution in [1.82, 2.24) is 0 Å². The molecule has 0 atom stereocenters. The van der Waals surface area contributed by atoms with Gasteiger partial charge in [-0.1, -0.05) is 30.4 Å². The van der Waals surface area contributed by atoms with Crippen molar-refractivity contribution in [3.8, 4) is 0 Å². The smallest absolute Gasteiger partial charge is 0.191 e. The molecule has 3 heteroatoms. The molecule has 0 aliphatic heterocycles. The molecule has 0 spiro atoms. The average molecular weight is 234 g/mol. The predicted molar refractivity (Wildman–Crippen MR) is 69.2 cm³/mol. The lowest BCUT2D eigenvalue weighted by Crippen LogP contribution is -1.92. The van der Waals surface area contributed by atoms with Gasteiger partial charge < -0.3 is 4.42 Å². The quantitative estimate of drug-likeness (QED) is 0.542. The molecule has 1 aromatic heterocycles. The molecule has 0 fully saturated rings. The van der Waals surface area contributed by atoms with E-state index in [-0.39, 0.29) is 0 Å². The summed E-state index contributed by atoms with van der Waals surface area (Å²) in [6.45, 7) is 3.92. The fourth-order valence-electron chi connectivity index (χ4n) is 1.62. The number of thiocarbonyl (C=S) groups is 1. The molecule has 76 valence electrons. The second-order valence-corrected chi connectivity index (χ2v) is 4.50. The largest absolute Gasteiger partial charge is 0.445 e. The molecule has 1 heterocycles. The number of aryl methyl sites for hydroxylation is 1. The van der Waals surface area contributed by atoms with E-state index in [1.807, 2.05) is 38.1 Å². The third kappa shape index (κ3) is 1.85. The SMILES string of the molecule is CC(=S)c1cccc2c(C)cc(=S)oc12. The van der Waals surface area contributed by atoms with Crippen LogP contribution in [0.1, 0.15) is 18.1 Å². The first kappa shape index (κ1) is 10.5. The van der Waals surface area contributed by atoms with Crippen molar-refractivity contribution in [1.29, 1.82) is 0 Å². The molecule has 1 nitrogen and oxygen atoms in total. The molecule has 15 heavy (non-hydrogen) atoms. The number of para-hydroxylation sites is 1. The molecule has 0 N–H and O–H groups in total. The first-order valence-corrected chi connectivity index (χ1v) is 5.45. The van der Waals surface area contributed by atoms with Gasteiger partial charge in [0, 0.05) is 15.8 Å². The van der Waals surface area contributed by atoms with E-state index in [4.69, 9.17) is 28.9 Å².